The number of rotatable bonds is 6. The third-order valence-electron chi connectivity index (χ3n) is 3.35. The fraction of sp³-hybridized carbons (Fsp3) is 0.211. The van der Waals surface area contributed by atoms with Crippen molar-refractivity contribution in [2.24, 2.45) is 0 Å². The molecule has 0 radical (unpaired) electrons. The van der Waals surface area contributed by atoms with Crippen LogP contribution in [0.15, 0.2) is 48.5 Å². The molecule has 2 rings (SSSR count). The smallest absolute Gasteiger partial charge is 0.344 e. The number of nitrogens with zero attached hydrogens (tertiary/aromatic N) is 1. The molecule has 0 aliphatic heterocycles. The second kappa shape index (κ2) is 7.93. The summed E-state index contributed by atoms with van der Waals surface area (Å²) in [6.45, 7) is 3.15. The first-order valence-electron chi connectivity index (χ1n) is 7.43. The minimum Gasteiger partial charge on any atom is -0.482 e. The predicted molar refractivity (Wildman–Crippen MR) is 87.7 cm³/mol. The van der Waals surface area contributed by atoms with Crippen LogP contribution in [0.3, 0.4) is 0 Å². The Bertz CT molecular complexity index is 757. The van der Waals surface area contributed by atoms with E-state index in [0.29, 0.717) is 16.9 Å². The highest BCUT2D eigenvalue weighted by molar-refractivity contribution is 6.00. The van der Waals surface area contributed by atoms with E-state index in [1.165, 1.54) is 6.92 Å². The molecule has 0 heterocycles. The van der Waals surface area contributed by atoms with Gasteiger partial charge in [-0.3, -0.25) is 4.79 Å². The summed E-state index contributed by atoms with van der Waals surface area (Å²) in [6.07, 6.45) is -0.884. The van der Waals surface area contributed by atoms with Gasteiger partial charge in [-0.2, -0.15) is 5.26 Å². The van der Waals surface area contributed by atoms with E-state index >= 15 is 0 Å². The summed E-state index contributed by atoms with van der Waals surface area (Å²) in [5, 5.41) is 8.71. The molecule has 0 aliphatic rings. The lowest BCUT2D eigenvalue weighted by Gasteiger charge is -2.13. The fourth-order valence-corrected chi connectivity index (χ4v) is 2.01. The Morgan fingerprint density at radius 1 is 1.08 bits per heavy atom. The highest BCUT2D eigenvalue weighted by atomic mass is 16.6. The normalized spacial score (nSPS) is 11.2. The molecule has 2 aromatic rings. The standard InChI is InChI=1S/C19H17NO4/c1-13-3-7-16(8-4-13)19(22)14(2)24-18(21)12-23-17-9-5-15(11-20)6-10-17/h3-10,14H,12H2,1-2H3/t14-/m0/s1. The second-order valence-corrected chi connectivity index (χ2v) is 5.29. The molecule has 0 amide bonds. The zero-order valence-corrected chi connectivity index (χ0v) is 13.5. The highest BCUT2D eigenvalue weighted by Crippen LogP contribution is 2.12. The first-order chi connectivity index (χ1) is 11.5. The Kier molecular flexibility index (Phi) is 5.69. The van der Waals surface area contributed by atoms with Crippen molar-refractivity contribution in [3.8, 4) is 11.8 Å². The van der Waals surface area contributed by atoms with Crippen molar-refractivity contribution in [2.45, 2.75) is 20.0 Å². The minimum absolute atomic E-state index is 0.262. The number of esters is 1. The SMILES string of the molecule is Cc1ccc(C(=O)[C@H](C)OC(=O)COc2ccc(C#N)cc2)cc1. The summed E-state index contributed by atoms with van der Waals surface area (Å²) in [4.78, 5) is 24.0. The summed E-state index contributed by atoms with van der Waals surface area (Å²) in [5.41, 5.74) is 2.04. The number of carbonyl (C=O) groups excluding carboxylic acids is 2. The molecule has 0 bridgehead atoms. The number of hydrogen-bond acceptors (Lipinski definition) is 5. The Morgan fingerprint density at radius 2 is 1.71 bits per heavy atom. The molecule has 0 saturated heterocycles. The highest BCUT2D eigenvalue weighted by Gasteiger charge is 2.19. The maximum absolute atomic E-state index is 12.2. The Labute approximate surface area is 140 Å². The average Bonchev–Trinajstić information content (AvgIpc) is 2.60. The van der Waals surface area contributed by atoms with E-state index in [-0.39, 0.29) is 12.4 Å². The Balaban J connectivity index is 1.85. The molecule has 0 aliphatic carbocycles. The molecule has 0 N–H and O–H groups in total. The van der Waals surface area contributed by atoms with Crippen LogP contribution >= 0.6 is 0 Å². The third kappa shape index (κ3) is 4.68. The summed E-state index contributed by atoms with van der Waals surface area (Å²) in [5.74, 6) is -0.447. The van der Waals surface area contributed by atoms with Gasteiger partial charge in [0.15, 0.2) is 12.7 Å². The van der Waals surface area contributed by atoms with Crippen LogP contribution in [0, 0.1) is 18.3 Å². The van der Waals surface area contributed by atoms with Crippen LogP contribution in [0.5, 0.6) is 5.75 Å². The van der Waals surface area contributed by atoms with Crippen LogP contribution in [-0.4, -0.2) is 24.5 Å². The molecule has 24 heavy (non-hydrogen) atoms. The molecule has 5 heteroatoms. The number of benzene rings is 2. The number of carbonyl (C=O) groups is 2. The maximum atomic E-state index is 12.2. The lowest BCUT2D eigenvalue weighted by molar-refractivity contribution is -0.148. The predicted octanol–water partition coefficient (Wildman–Crippen LogP) is 3.06. The largest absolute Gasteiger partial charge is 0.482 e. The molecular formula is C19H17NO4. The monoisotopic (exact) mass is 323 g/mol. The quantitative estimate of drug-likeness (QED) is 0.603. The number of aryl methyl sites for hydroxylation is 1. The van der Waals surface area contributed by atoms with E-state index in [1.807, 2.05) is 25.1 Å². The maximum Gasteiger partial charge on any atom is 0.344 e. The zero-order chi connectivity index (χ0) is 17.5. The average molecular weight is 323 g/mol. The van der Waals surface area contributed by atoms with Gasteiger partial charge in [0.1, 0.15) is 5.75 Å². The van der Waals surface area contributed by atoms with E-state index in [2.05, 4.69) is 0 Å². The van der Waals surface area contributed by atoms with Gasteiger partial charge in [0.25, 0.3) is 0 Å². The Morgan fingerprint density at radius 3 is 2.29 bits per heavy atom. The van der Waals surface area contributed by atoms with E-state index in [9.17, 15) is 9.59 Å². The third-order valence-corrected chi connectivity index (χ3v) is 3.35. The number of ketones is 1. The number of ether oxygens (including phenoxy) is 2. The molecule has 5 nitrogen and oxygen atoms in total. The lowest BCUT2D eigenvalue weighted by atomic mass is 10.1. The van der Waals surface area contributed by atoms with Gasteiger partial charge in [0, 0.05) is 5.56 Å². The zero-order valence-electron chi connectivity index (χ0n) is 13.5. The molecule has 0 unspecified atom stereocenters. The van der Waals surface area contributed by atoms with E-state index in [0.717, 1.165) is 5.56 Å². The first kappa shape index (κ1) is 17.2. The van der Waals surface area contributed by atoms with Crippen molar-refractivity contribution < 1.29 is 19.1 Å². The van der Waals surface area contributed by atoms with Gasteiger partial charge in [-0.15, -0.1) is 0 Å². The fourth-order valence-electron chi connectivity index (χ4n) is 2.01. The molecule has 122 valence electrons. The van der Waals surface area contributed by atoms with Gasteiger partial charge < -0.3 is 9.47 Å². The van der Waals surface area contributed by atoms with Gasteiger partial charge in [-0.25, -0.2) is 4.79 Å². The van der Waals surface area contributed by atoms with Crippen molar-refractivity contribution in [2.75, 3.05) is 6.61 Å². The van der Waals surface area contributed by atoms with Crippen LogP contribution in [0.25, 0.3) is 0 Å². The van der Waals surface area contributed by atoms with Crippen molar-refractivity contribution in [1.29, 1.82) is 5.26 Å². The summed E-state index contributed by atoms with van der Waals surface area (Å²) >= 11 is 0. The molecule has 2 aromatic carbocycles. The molecule has 1 atom stereocenters. The van der Waals surface area contributed by atoms with Gasteiger partial charge in [0.2, 0.25) is 5.78 Å². The lowest BCUT2D eigenvalue weighted by Crippen LogP contribution is -2.27. The second-order valence-electron chi connectivity index (χ2n) is 5.29. The van der Waals surface area contributed by atoms with E-state index < -0.39 is 12.1 Å². The van der Waals surface area contributed by atoms with Gasteiger partial charge in [-0.05, 0) is 38.1 Å². The van der Waals surface area contributed by atoms with Gasteiger partial charge in [-0.1, -0.05) is 29.8 Å². The van der Waals surface area contributed by atoms with Crippen LogP contribution in [0.2, 0.25) is 0 Å². The first-order valence-corrected chi connectivity index (χ1v) is 7.43. The van der Waals surface area contributed by atoms with Crippen LogP contribution in [-0.2, 0) is 9.53 Å². The Hall–Kier alpha value is -3.13. The van der Waals surface area contributed by atoms with Crippen LogP contribution in [0.1, 0.15) is 28.4 Å². The minimum atomic E-state index is -0.884. The molecule has 0 saturated carbocycles. The topological polar surface area (TPSA) is 76.4 Å². The number of hydrogen-bond donors (Lipinski definition) is 0. The van der Waals surface area contributed by atoms with Crippen molar-refractivity contribution in [3.63, 3.8) is 0 Å². The van der Waals surface area contributed by atoms with Crippen molar-refractivity contribution in [1.82, 2.24) is 0 Å². The van der Waals surface area contributed by atoms with Crippen LogP contribution in [0.4, 0.5) is 0 Å². The van der Waals surface area contributed by atoms with Gasteiger partial charge in [0.05, 0.1) is 11.6 Å². The summed E-state index contributed by atoms with van der Waals surface area (Å²) in [6, 6.07) is 15.4. The van der Waals surface area contributed by atoms with E-state index in [1.54, 1.807) is 36.4 Å². The summed E-state index contributed by atoms with van der Waals surface area (Å²) in [7, 11) is 0. The van der Waals surface area contributed by atoms with E-state index in [4.69, 9.17) is 14.7 Å². The van der Waals surface area contributed by atoms with Gasteiger partial charge >= 0.3 is 5.97 Å². The van der Waals surface area contributed by atoms with Crippen molar-refractivity contribution >= 4 is 11.8 Å². The van der Waals surface area contributed by atoms with Crippen molar-refractivity contribution in [3.05, 3.63) is 65.2 Å². The number of Topliss-reactive ketones (excluding diaryl/α,β-unsaturated/α-hetero) is 1. The number of nitriles is 1. The summed E-state index contributed by atoms with van der Waals surface area (Å²) < 4.78 is 10.4. The molecular weight excluding hydrogens is 306 g/mol. The van der Waals surface area contributed by atoms with Crippen LogP contribution < -0.4 is 4.74 Å². The molecule has 0 aromatic heterocycles. The molecule has 0 fully saturated rings. The molecule has 0 spiro atoms.